The van der Waals surface area contributed by atoms with E-state index in [1.165, 1.54) is 5.98 Å². The van der Waals surface area contributed by atoms with Crippen LogP contribution in [0.2, 0.25) is 0 Å². The van der Waals surface area contributed by atoms with E-state index in [1.54, 1.807) is 6.08 Å². The number of aliphatic carboxylic acids is 1. The third-order valence-corrected chi connectivity index (χ3v) is 1.32. The van der Waals surface area contributed by atoms with Gasteiger partial charge in [-0.3, -0.25) is 4.79 Å². The van der Waals surface area contributed by atoms with Gasteiger partial charge in [0.1, 0.15) is 0 Å². The van der Waals surface area contributed by atoms with Gasteiger partial charge in [-0.25, -0.2) is 0 Å². The number of carboxylic acids is 1. The minimum atomic E-state index is -1.40. The van der Waals surface area contributed by atoms with Crippen molar-refractivity contribution >= 4 is 13.1 Å². The number of hydrogen-bond acceptors (Lipinski definition) is 3. The fourth-order valence-corrected chi connectivity index (χ4v) is 0.756. The van der Waals surface area contributed by atoms with Crippen molar-refractivity contribution in [3.05, 3.63) is 12.1 Å². The average molecular weight is 172 g/mol. The Balaban J connectivity index is 3.16. The summed E-state index contributed by atoms with van der Waals surface area (Å²) in [7, 11) is -1.40. The molecule has 0 rings (SSSR count). The first-order valence-electron chi connectivity index (χ1n) is 3.87. The Kier molecular flexibility index (Phi) is 6.42. The lowest BCUT2D eigenvalue weighted by molar-refractivity contribution is -0.137. The molecule has 0 bridgehead atoms. The Bertz CT molecular complexity index is 155. The van der Waals surface area contributed by atoms with Gasteiger partial charge in [0.15, 0.2) is 0 Å². The Morgan fingerprint density at radius 1 is 1.33 bits per heavy atom. The molecule has 0 amide bonds. The van der Waals surface area contributed by atoms with Gasteiger partial charge in [-0.05, 0) is 19.3 Å². The summed E-state index contributed by atoms with van der Waals surface area (Å²) < 4.78 is 0. The Hall–Kier alpha value is -0.805. The zero-order chi connectivity index (χ0) is 9.40. The molecular formula is C7H13BO4. The molecule has 0 aromatic rings. The molecule has 0 fully saturated rings. The largest absolute Gasteiger partial charge is 0.481 e. The van der Waals surface area contributed by atoms with Gasteiger partial charge < -0.3 is 15.2 Å². The minimum Gasteiger partial charge on any atom is -0.481 e. The van der Waals surface area contributed by atoms with E-state index in [0.29, 0.717) is 12.8 Å². The first-order chi connectivity index (χ1) is 5.63. The molecular weight excluding hydrogens is 159 g/mol. The Labute approximate surface area is 71.7 Å². The van der Waals surface area contributed by atoms with Crippen molar-refractivity contribution in [3.63, 3.8) is 0 Å². The van der Waals surface area contributed by atoms with Gasteiger partial charge in [0.05, 0.1) is 0 Å². The molecule has 12 heavy (non-hydrogen) atoms. The summed E-state index contributed by atoms with van der Waals surface area (Å²) in [6, 6.07) is 0. The normalized spacial score (nSPS) is 10.5. The average Bonchev–Trinajstić information content (AvgIpc) is 1.95. The predicted octanol–water partition coefficient (Wildman–Crippen LogP) is 0.200. The van der Waals surface area contributed by atoms with Gasteiger partial charge in [0.2, 0.25) is 0 Å². The highest BCUT2D eigenvalue weighted by molar-refractivity contribution is 6.47. The van der Waals surface area contributed by atoms with Gasteiger partial charge in [-0.1, -0.05) is 12.1 Å². The topological polar surface area (TPSA) is 77.8 Å². The molecule has 0 saturated carbocycles. The van der Waals surface area contributed by atoms with E-state index in [1.807, 2.05) is 0 Å². The van der Waals surface area contributed by atoms with Crippen LogP contribution in [0.15, 0.2) is 12.1 Å². The van der Waals surface area contributed by atoms with E-state index >= 15 is 0 Å². The van der Waals surface area contributed by atoms with Crippen LogP contribution in [0, 0.1) is 0 Å². The summed E-state index contributed by atoms with van der Waals surface area (Å²) in [4.78, 5) is 10.0. The van der Waals surface area contributed by atoms with Gasteiger partial charge in [0.25, 0.3) is 0 Å². The number of hydrogen-bond donors (Lipinski definition) is 3. The van der Waals surface area contributed by atoms with Gasteiger partial charge in [-0.15, -0.1) is 0 Å². The highest BCUT2D eigenvalue weighted by Gasteiger charge is 1.97. The molecule has 0 spiro atoms. The third-order valence-electron chi connectivity index (χ3n) is 1.32. The summed E-state index contributed by atoms with van der Waals surface area (Å²) in [5, 5.41) is 25.0. The quantitative estimate of drug-likeness (QED) is 0.395. The maximum atomic E-state index is 10.0. The smallest absolute Gasteiger partial charge is 0.480 e. The van der Waals surface area contributed by atoms with E-state index in [0.717, 1.165) is 6.42 Å². The lowest BCUT2D eigenvalue weighted by atomic mass is 9.91. The van der Waals surface area contributed by atoms with Crippen molar-refractivity contribution < 1.29 is 19.9 Å². The SMILES string of the molecule is O=C(O)CCCCC=CB(O)O. The fraction of sp³-hybridized carbons (Fsp3) is 0.571. The Morgan fingerprint density at radius 3 is 2.50 bits per heavy atom. The second-order valence-electron chi connectivity index (χ2n) is 2.48. The van der Waals surface area contributed by atoms with Crippen LogP contribution < -0.4 is 0 Å². The van der Waals surface area contributed by atoms with Gasteiger partial charge >= 0.3 is 13.1 Å². The number of unbranched alkanes of at least 4 members (excludes halogenated alkanes) is 2. The van der Waals surface area contributed by atoms with Crippen LogP contribution in [0.4, 0.5) is 0 Å². The van der Waals surface area contributed by atoms with Gasteiger partial charge in [-0.2, -0.15) is 0 Å². The van der Waals surface area contributed by atoms with Crippen molar-refractivity contribution in [2.75, 3.05) is 0 Å². The van der Waals surface area contributed by atoms with Crippen molar-refractivity contribution in [2.24, 2.45) is 0 Å². The third kappa shape index (κ3) is 9.19. The van der Waals surface area contributed by atoms with Crippen LogP contribution >= 0.6 is 0 Å². The first-order valence-corrected chi connectivity index (χ1v) is 3.87. The number of carbonyl (C=O) groups is 1. The lowest BCUT2D eigenvalue weighted by Crippen LogP contribution is -2.05. The van der Waals surface area contributed by atoms with E-state index in [4.69, 9.17) is 15.2 Å². The molecule has 0 unspecified atom stereocenters. The van der Waals surface area contributed by atoms with Crippen molar-refractivity contribution in [1.82, 2.24) is 0 Å². The number of rotatable bonds is 6. The first kappa shape index (κ1) is 11.2. The van der Waals surface area contributed by atoms with Crippen molar-refractivity contribution in [2.45, 2.75) is 25.7 Å². The lowest BCUT2D eigenvalue weighted by Gasteiger charge is -1.92. The number of carboxylic acid groups (broad SMARTS) is 1. The fourth-order valence-electron chi connectivity index (χ4n) is 0.756. The van der Waals surface area contributed by atoms with Crippen molar-refractivity contribution in [1.29, 1.82) is 0 Å². The van der Waals surface area contributed by atoms with Gasteiger partial charge in [0, 0.05) is 6.42 Å². The highest BCUT2D eigenvalue weighted by Crippen LogP contribution is 2.00. The molecule has 0 aromatic heterocycles. The van der Waals surface area contributed by atoms with Crippen LogP contribution in [0.5, 0.6) is 0 Å². The molecule has 0 aromatic carbocycles. The van der Waals surface area contributed by atoms with Crippen LogP contribution in [0.25, 0.3) is 0 Å². The van der Waals surface area contributed by atoms with E-state index in [-0.39, 0.29) is 6.42 Å². The standard InChI is InChI=1S/C7H13BO4/c9-7(10)5-3-1-2-4-6-8(11)12/h4,6,11-12H,1-3,5H2,(H,9,10). The maximum absolute atomic E-state index is 10.0. The van der Waals surface area contributed by atoms with Crippen LogP contribution in [-0.4, -0.2) is 28.2 Å². The monoisotopic (exact) mass is 172 g/mol. The molecule has 0 radical (unpaired) electrons. The molecule has 4 nitrogen and oxygen atoms in total. The Morgan fingerprint density at radius 2 is 2.00 bits per heavy atom. The predicted molar refractivity (Wildman–Crippen MR) is 45.4 cm³/mol. The van der Waals surface area contributed by atoms with Crippen LogP contribution in [-0.2, 0) is 4.79 Å². The molecule has 0 heterocycles. The van der Waals surface area contributed by atoms with E-state index in [9.17, 15) is 4.79 Å². The van der Waals surface area contributed by atoms with Crippen LogP contribution in [0.3, 0.4) is 0 Å². The van der Waals surface area contributed by atoms with Crippen LogP contribution in [0.1, 0.15) is 25.7 Å². The zero-order valence-electron chi connectivity index (χ0n) is 6.81. The summed E-state index contributed by atoms with van der Waals surface area (Å²) >= 11 is 0. The maximum Gasteiger partial charge on any atom is 0.480 e. The molecule has 0 aliphatic heterocycles. The van der Waals surface area contributed by atoms with Crippen molar-refractivity contribution in [3.8, 4) is 0 Å². The number of allylic oxidation sites excluding steroid dienone is 1. The highest BCUT2D eigenvalue weighted by atomic mass is 16.4. The molecule has 0 saturated heterocycles. The molecule has 3 N–H and O–H groups in total. The second kappa shape index (κ2) is 6.88. The summed E-state index contributed by atoms with van der Waals surface area (Å²) in [5.41, 5.74) is 0. The summed E-state index contributed by atoms with van der Waals surface area (Å²) in [6.45, 7) is 0. The molecule has 0 aliphatic rings. The molecule has 5 heteroatoms. The minimum absolute atomic E-state index is 0.176. The summed E-state index contributed by atoms with van der Waals surface area (Å²) in [6.07, 6.45) is 3.88. The molecule has 68 valence electrons. The molecule has 0 atom stereocenters. The molecule has 0 aliphatic carbocycles. The summed E-state index contributed by atoms with van der Waals surface area (Å²) in [5.74, 6) is 0.474. The zero-order valence-corrected chi connectivity index (χ0v) is 6.81. The van der Waals surface area contributed by atoms with E-state index < -0.39 is 13.1 Å². The van der Waals surface area contributed by atoms with E-state index in [2.05, 4.69) is 0 Å². The second-order valence-corrected chi connectivity index (χ2v) is 2.48.